The van der Waals surface area contributed by atoms with Crippen molar-refractivity contribution in [2.75, 3.05) is 5.75 Å². The van der Waals surface area contributed by atoms with Gasteiger partial charge in [0, 0.05) is 4.90 Å². The molecule has 1 aliphatic carbocycles. The van der Waals surface area contributed by atoms with Crippen LogP contribution in [0.3, 0.4) is 0 Å². The average molecular weight is 296 g/mol. The molecule has 110 valence electrons. The SMILES string of the molecule is Cc1ccc(S(=O)CC2(O)CCC(C(=O)O)CC2)cc1. The molecule has 0 radical (unpaired) electrons. The maximum atomic E-state index is 12.3. The first-order valence-electron chi connectivity index (χ1n) is 6.80. The minimum atomic E-state index is -1.25. The molecule has 1 aromatic carbocycles. The summed E-state index contributed by atoms with van der Waals surface area (Å²) in [6.07, 6.45) is 1.72. The third-order valence-corrected chi connectivity index (χ3v) is 5.55. The lowest BCUT2D eigenvalue weighted by Gasteiger charge is -2.34. The summed E-state index contributed by atoms with van der Waals surface area (Å²) in [5, 5.41) is 19.4. The van der Waals surface area contributed by atoms with Crippen molar-refractivity contribution in [3.63, 3.8) is 0 Å². The van der Waals surface area contributed by atoms with Gasteiger partial charge in [0.05, 0.1) is 28.1 Å². The van der Waals surface area contributed by atoms with Crippen molar-refractivity contribution < 1.29 is 19.2 Å². The minimum Gasteiger partial charge on any atom is -0.481 e. The zero-order valence-electron chi connectivity index (χ0n) is 11.5. The van der Waals surface area contributed by atoms with Crippen molar-refractivity contribution in [2.24, 2.45) is 5.92 Å². The van der Waals surface area contributed by atoms with Crippen LogP contribution in [0, 0.1) is 12.8 Å². The third-order valence-electron chi connectivity index (χ3n) is 3.95. The smallest absolute Gasteiger partial charge is 0.306 e. The quantitative estimate of drug-likeness (QED) is 0.892. The van der Waals surface area contributed by atoms with E-state index in [0.29, 0.717) is 30.6 Å². The van der Waals surface area contributed by atoms with E-state index in [2.05, 4.69) is 0 Å². The molecule has 5 heteroatoms. The largest absolute Gasteiger partial charge is 0.481 e. The fraction of sp³-hybridized carbons (Fsp3) is 0.533. The molecule has 1 aliphatic rings. The molecule has 1 saturated carbocycles. The summed E-state index contributed by atoms with van der Waals surface area (Å²) in [5.41, 5.74) is 0.105. The molecule has 1 fully saturated rings. The number of aliphatic hydroxyl groups is 1. The van der Waals surface area contributed by atoms with E-state index in [1.165, 1.54) is 0 Å². The van der Waals surface area contributed by atoms with Gasteiger partial charge in [0.25, 0.3) is 0 Å². The van der Waals surface area contributed by atoms with Gasteiger partial charge in [-0.3, -0.25) is 9.00 Å². The van der Waals surface area contributed by atoms with Gasteiger partial charge in [0.1, 0.15) is 0 Å². The third kappa shape index (κ3) is 3.67. The monoisotopic (exact) mass is 296 g/mol. The minimum absolute atomic E-state index is 0.183. The van der Waals surface area contributed by atoms with Crippen LogP contribution in [0.15, 0.2) is 29.2 Å². The first-order valence-corrected chi connectivity index (χ1v) is 8.12. The van der Waals surface area contributed by atoms with Crippen LogP contribution in [0.4, 0.5) is 0 Å². The van der Waals surface area contributed by atoms with Crippen molar-refractivity contribution in [1.29, 1.82) is 0 Å². The molecule has 0 saturated heterocycles. The van der Waals surface area contributed by atoms with Gasteiger partial charge in [-0.1, -0.05) is 17.7 Å². The van der Waals surface area contributed by atoms with E-state index in [4.69, 9.17) is 5.11 Å². The van der Waals surface area contributed by atoms with Crippen molar-refractivity contribution in [3.05, 3.63) is 29.8 Å². The molecule has 0 heterocycles. The summed E-state index contributed by atoms with van der Waals surface area (Å²) >= 11 is 0. The van der Waals surface area contributed by atoms with Crippen LogP contribution in [-0.4, -0.2) is 31.7 Å². The van der Waals surface area contributed by atoms with E-state index in [1.807, 2.05) is 31.2 Å². The average Bonchev–Trinajstić information content (AvgIpc) is 2.39. The number of aryl methyl sites for hydroxylation is 1. The van der Waals surface area contributed by atoms with Crippen molar-refractivity contribution in [2.45, 2.75) is 43.1 Å². The second kappa shape index (κ2) is 6.06. The number of carbonyl (C=O) groups is 1. The number of rotatable bonds is 4. The van der Waals surface area contributed by atoms with Crippen molar-refractivity contribution in [3.8, 4) is 0 Å². The Labute approximate surface area is 121 Å². The maximum Gasteiger partial charge on any atom is 0.306 e. The molecule has 0 spiro atoms. The van der Waals surface area contributed by atoms with Crippen molar-refractivity contribution >= 4 is 16.8 Å². The Bertz CT molecular complexity index is 501. The van der Waals surface area contributed by atoms with E-state index < -0.39 is 22.4 Å². The normalized spacial score (nSPS) is 28.0. The number of carboxylic acid groups (broad SMARTS) is 1. The molecule has 1 unspecified atom stereocenters. The molecule has 0 aliphatic heterocycles. The van der Waals surface area contributed by atoms with Gasteiger partial charge in [0.2, 0.25) is 0 Å². The highest BCUT2D eigenvalue weighted by Crippen LogP contribution is 2.33. The lowest BCUT2D eigenvalue weighted by Crippen LogP contribution is -2.40. The number of hydrogen-bond donors (Lipinski definition) is 2. The van der Waals surface area contributed by atoms with Crippen LogP contribution in [0.1, 0.15) is 31.2 Å². The summed E-state index contributed by atoms with van der Waals surface area (Å²) in [6, 6.07) is 7.44. The Morgan fingerprint density at radius 2 is 1.85 bits per heavy atom. The summed E-state index contributed by atoms with van der Waals surface area (Å²) in [5.74, 6) is -0.989. The van der Waals surface area contributed by atoms with E-state index >= 15 is 0 Å². The van der Waals surface area contributed by atoms with Crippen LogP contribution < -0.4 is 0 Å². The number of carboxylic acids is 1. The Hall–Kier alpha value is -1.20. The standard InChI is InChI=1S/C15H20O4S/c1-11-2-4-13(5-3-11)20(19)10-15(18)8-6-12(7-9-15)14(16)17/h2-5,12,18H,6-10H2,1H3,(H,16,17). The van der Waals surface area contributed by atoms with E-state index in [9.17, 15) is 14.1 Å². The molecular formula is C15H20O4S. The maximum absolute atomic E-state index is 12.3. The number of benzene rings is 1. The molecule has 0 amide bonds. The number of hydrogen-bond acceptors (Lipinski definition) is 3. The fourth-order valence-electron chi connectivity index (χ4n) is 2.56. The topological polar surface area (TPSA) is 74.6 Å². The summed E-state index contributed by atoms with van der Waals surface area (Å²) in [6.45, 7) is 1.97. The highest BCUT2D eigenvalue weighted by atomic mass is 32.2. The van der Waals surface area contributed by atoms with Crippen molar-refractivity contribution in [1.82, 2.24) is 0 Å². The van der Waals surface area contributed by atoms with Crippen LogP contribution in [0.5, 0.6) is 0 Å². The van der Waals surface area contributed by atoms with Crippen LogP contribution >= 0.6 is 0 Å². The Kier molecular flexibility index (Phi) is 4.60. The number of aliphatic carboxylic acids is 1. The molecule has 0 aromatic heterocycles. The van der Waals surface area contributed by atoms with Gasteiger partial charge >= 0.3 is 5.97 Å². The lowest BCUT2D eigenvalue weighted by molar-refractivity contribution is -0.144. The molecule has 2 N–H and O–H groups in total. The van der Waals surface area contributed by atoms with Gasteiger partial charge < -0.3 is 10.2 Å². The molecule has 1 atom stereocenters. The van der Waals surface area contributed by atoms with E-state index in [1.54, 1.807) is 0 Å². The van der Waals surface area contributed by atoms with E-state index in [-0.39, 0.29) is 11.7 Å². The van der Waals surface area contributed by atoms with Crippen LogP contribution in [0.2, 0.25) is 0 Å². The van der Waals surface area contributed by atoms with Gasteiger partial charge in [0.15, 0.2) is 0 Å². The first-order chi connectivity index (χ1) is 9.39. The second-order valence-electron chi connectivity index (χ2n) is 5.64. The zero-order chi connectivity index (χ0) is 14.8. The highest BCUT2D eigenvalue weighted by Gasteiger charge is 2.37. The van der Waals surface area contributed by atoms with Crippen LogP contribution in [-0.2, 0) is 15.6 Å². The van der Waals surface area contributed by atoms with Gasteiger partial charge in [-0.05, 0) is 44.7 Å². The Morgan fingerprint density at radius 3 is 2.35 bits per heavy atom. The summed E-state index contributed by atoms with van der Waals surface area (Å²) in [4.78, 5) is 11.6. The van der Waals surface area contributed by atoms with Crippen LogP contribution in [0.25, 0.3) is 0 Å². The van der Waals surface area contributed by atoms with Gasteiger partial charge in [-0.25, -0.2) is 0 Å². The Morgan fingerprint density at radius 1 is 1.30 bits per heavy atom. The molecule has 2 rings (SSSR count). The molecule has 1 aromatic rings. The van der Waals surface area contributed by atoms with Gasteiger partial charge in [-0.15, -0.1) is 0 Å². The van der Waals surface area contributed by atoms with Gasteiger partial charge in [-0.2, -0.15) is 0 Å². The van der Waals surface area contributed by atoms with E-state index in [0.717, 1.165) is 5.56 Å². The molecule has 20 heavy (non-hydrogen) atoms. The highest BCUT2D eigenvalue weighted by molar-refractivity contribution is 7.85. The fourth-order valence-corrected chi connectivity index (χ4v) is 3.95. The molecule has 4 nitrogen and oxygen atoms in total. The predicted molar refractivity (Wildman–Crippen MR) is 77.0 cm³/mol. The second-order valence-corrected chi connectivity index (χ2v) is 7.09. The first kappa shape index (κ1) is 15.2. The summed E-state index contributed by atoms with van der Waals surface area (Å²) < 4.78 is 12.3. The molecule has 0 bridgehead atoms. The lowest BCUT2D eigenvalue weighted by atomic mass is 9.80. The Balaban J connectivity index is 1.97. The zero-order valence-corrected chi connectivity index (χ0v) is 12.4. The predicted octanol–water partition coefficient (Wildman–Crippen LogP) is 2.11. The summed E-state index contributed by atoms with van der Waals surface area (Å²) in [7, 11) is -1.25. The molecular weight excluding hydrogens is 276 g/mol.